The van der Waals surface area contributed by atoms with E-state index in [0.717, 1.165) is 52.9 Å². The summed E-state index contributed by atoms with van der Waals surface area (Å²) in [6.45, 7) is 2.25. The minimum Gasteiger partial charge on any atom is -0.261 e. The number of hydrogen-bond donors (Lipinski definition) is 0. The highest BCUT2D eigenvalue weighted by Crippen LogP contribution is 2.24. The van der Waals surface area contributed by atoms with Crippen LogP contribution < -0.4 is 0 Å². The highest BCUT2D eigenvalue weighted by molar-refractivity contribution is 6.30. The molecule has 1 nitrogen and oxygen atoms in total. The Labute approximate surface area is 214 Å². The molecule has 1 heterocycles. The second-order valence-electron chi connectivity index (χ2n) is 9.54. The predicted octanol–water partition coefficient (Wildman–Crippen LogP) is 9.11. The van der Waals surface area contributed by atoms with Gasteiger partial charge < -0.3 is 0 Å². The number of aromatic nitrogens is 1. The summed E-state index contributed by atoms with van der Waals surface area (Å²) < 4.78 is 15.2. The van der Waals surface area contributed by atoms with Crippen LogP contribution in [0.15, 0.2) is 72.9 Å². The summed E-state index contributed by atoms with van der Waals surface area (Å²) in [6, 6.07) is 22.2. The van der Waals surface area contributed by atoms with Gasteiger partial charge in [0.15, 0.2) is 0 Å². The minimum absolute atomic E-state index is 0.102. The van der Waals surface area contributed by atoms with E-state index < -0.39 is 0 Å². The quantitative estimate of drug-likeness (QED) is 0.181. The molecule has 0 amide bonds. The minimum atomic E-state index is -0.102. The molecule has 0 aliphatic heterocycles. The second kappa shape index (κ2) is 12.8. The zero-order valence-electron chi connectivity index (χ0n) is 20.7. The van der Waals surface area contributed by atoms with Gasteiger partial charge in [0, 0.05) is 22.3 Å². The second-order valence-corrected chi connectivity index (χ2v) is 9.98. The van der Waals surface area contributed by atoms with E-state index in [-0.39, 0.29) is 5.82 Å². The maximum absolute atomic E-state index is 15.2. The molecule has 0 bridgehead atoms. The van der Waals surface area contributed by atoms with Crippen LogP contribution in [0.3, 0.4) is 0 Å². The smallest absolute Gasteiger partial charge is 0.134 e. The maximum Gasteiger partial charge on any atom is 0.134 e. The molecule has 0 fully saturated rings. The van der Waals surface area contributed by atoms with Gasteiger partial charge >= 0.3 is 0 Å². The Hall–Kier alpha value is -2.71. The van der Waals surface area contributed by atoms with Crippen LogP contribution in [0, 0.1) is 5.82 Å². The van der Waals surface area contributed by atoms with Crippen molar-refractivity contribution >= 4 is 22.4 Å². The molecule has 0 aliphatic rings. The molecule has 182 valence electrons. The Bertz CT molecular complexity index is 1220. The van der Waals surface area contributed by atoms with Crippen LogP contribution in [0.25, 0.3) is 10.8 Å². The topological polar surface area (TPSA) is 12.9 Å². The number of benzene rings is 3. The third-order valence-corrected chi connectivity index (χ3v) is 7.07. The molecule has 4 rings (SSSR count). The molecule has 3 heteroatoms. The van der Waals surface area contributed by atoms with Gasteiger partial charge in [-0.2, -0.15) is 0 Å². The van der Waals surface area contributed by atoms with Crippen LogP contribution in [-0.2, 0) is 32.1 Å². The molecule has 0 saturated heterocycles. The summed E-state index contributed by atoms with van der Waals surface area (Å²) in [4.78, 5) is 4.68. The van der Waals surface area contributed by atoms with Gasteiger partial charge in [0.25, 0.3) is 0 Å². The molecule has 0 saturated carbocycles. The van der Waals surface area contributed by atoms with Crippen molar-refractivity contribution in [2.24, 2.45) is 0 Å². The summed E-state index contributed by atoms with van der Waals surface area (Å²) in [6.07, 6.45) is 12.9. The number of aryl methyl sites for hydroxylation is 5. The standard InChI is InChI=1S/C32H35ClFN/c1-2-3-4-5-6-7-26-12-20-30(35-23-26)19-11-25-13-21-31-28(22-25)16-15-27(32(31)34)14-8-24-9-17-29(33)18-10-24/h9-10,12-13,15-18,20-23H,2-8,11,14,19H2,1H3. The molecule has 35 heavy (non-hydrogen) atoms. The lowest BCUT2D eigenvalue weighted by atomic mass is 9.98. The third-order valence-electron chi connectivity index (χ3n) is 6.82. The van der Waals surface area contributed by atoms with Crippen molar-refractivity contribution in [3.8, 4) is 0 Å². The molecule has 0 spiro atoms. The summed E-state index contributed by atoms with van der Waals surface area (Å²) in [5, 5.41) is 2.38. The van der Waals surface area contributed by atoms with Crippen molar-refractivity contribution in [3.63, 3.8) is 0 Å². The monoisotopic (exact) mass is 487 g/mol. The van der Waals surface area contributed by atoms with Crippen LogP contribution in [0.5, 0.6) is 0 Å². The van der Waals surface area contributed by atoms with E-state index in [1.54, 1.807) is 0 Å². The lowest BCUT2D eigenvalue weighted by Gasteiger charge is -2.09. The van der Waals surface area contributed by atoms with Crippen molar-refractivity contribution in [3.05, 3.63) is 112 Å². The van der Waals surface area contributed by atoms with Crippen LogP contribution in [0.2, 0.25) is 5.02 Å². The first-order chi connectivity index (χ1) is 17.1. The van der Waals surface area contributed by atoms with Gasteiger partial charge in [0.05, 0.1) is 0 Å². The molecule has 0 N–H and O–H groups in total. The van der Waals surface area contributed by atoms with Gasteiger partial charge in [-0.1, -0.05) is 92.7 Å². The Balaban J connectivity index is 1.32. The fourth-order valence-corrected chi connectivity index (χ4v) is 4.75. The number of halogens is 2. The van der Waals surface area contributed by atoms with Gasteiger partial charge in [0.2, 0.25) is 0 Å². The first-order valence-corrected chi connectivity index (χ1v) is 13.4. The molecule has 1 aromatic heterocycles. The Morgan fingerprint density at radius 2 is 1.43 bits per heavy atom. The summed E-state index contributed by atoms with van der Waals surface area (Å²) >= 11 is 5.96. The van der Waals surface area contributed by atoms with E-state index in [1.165, 1.54) is 43.2 Å². The number of rotatable bonds is 12. The SMILES string of the molecule is CCCCCCCc1ccc(CCc2ccc3c(F)c(CCc4ccc(Cl)cc4)ccc3c2)nc1. The predicted molar refractivity (Wildman–Crippen MR) is 147 cm³/mol. The van der Waals surface area contributed by atoms with Gasteiger partial charge in [0.1, 0.15) is 5.82 Å². The number of hydrogen-bond acceptors (Lipinski definition) is 1. The maximum atomic E-state index is 15.2. The van der Waals surface area contributed by atoms with E-state index in [4.69, 9.17) is 11.6 Å². The van der Waals surface area contributed by atoms with Gasteiger partial charge in [-0.15, -0.1) is 0 Å². The van der Waals surface area contributed by atoms with E-state index in [2.05, 4.69) is 36.2 Å². The number of nitrogens with zero attached hydrogens (tertiary/aromatic N) is 1. The van der Waals surface area contributed by atoms with E-state index in [0.29, 0.717) is 11.8 Å². The van der Waals surface area contributed by atoms with E-state index in [9.17, 15) is 0 Å². The lowest BCUT2D eigenvalue weighted by Crippen LogP contribution is -1.98. The number of pyridine rings is 1. The normalized spacial score (nSPS) is 11.3. The Morgan fingerprint density at radius 3 is 2.20 bits per heavy atom. The average Bonchev–Trinajstić information content (AvgIpc) is 2.88. The van der Waals surface area contributed by atoms with Crippen molar-refractivity contribution in [2.75, 3.05) is 0 Å². The fourth-order valence-electron chi connectivity index (χ4n) is 4.62. The van der Waals surface area contributed by atoms with Gasteiger partial charge in [-0.05, 0) is 84.4 Å². The fraction of sp³-hybridized carbons (Fsp3) is 0.344. The number of fused-ring (bicyclic) bond motifs is 1. The van der Waals surface area contributed by atoms with Gasteiger partial charge in [-0.3, -0.25) is 4.98 Å². The largest absolute Gasteiger partial charge is 0.261 e. The van der Waals surface area contributed by atoms with Crippen LogP contribution in [0.1, 0.15) is 67.0 Å². The Morgan fingerprint density at radius 1 is 0.686 bits per heavy atom. The highest BCUT2D eigenvalue weighted by Gasteiger charge is 2.09. The molecule has 0 aliphatic carbocycles. The zero-order chi connectivity index (χ0) is 24.5. The molecule has 0 radical (unpaired) electrons. The average molecular weight is 488 g/mol. The van der Waals surface area contributed by atoms with Crippen molar-refractivity contribution in [1.82, 2.24) is 4.98 Å². The van der Waals surface area contributed by atoms with E-state index >= 15 is 4.39 Å². The molecular formula is C32H35ClFN. The van der Waals surface area contributed by atoms with Crippen molar-refractivity contribution in [2.45, 2.75) is 71.1 Å². The van der Waals surface area contributed by atoms with Crippen LogP contribution >= 0.6 is 11.6 Å². The first-order valence-electron chi connectivity index (χ1n) is 13.0. The summed E-state index contributed by atoms with van der Waals surface area (Å²) in [7, 11) is 0. The van der Waals surface area contributed by atoms with Crippen molar-refractivity contribution < 1.29 is 4.39 Å². The summed E-state index contributed by atoms with van der Waals surface area (Å²) in [5.74, 6) is -0.102. The van der Waals surface area contributed by atoms with Crippen LogP contribution in [-0.4, -0.2) is 4.98 Å². The van der Waals surface area contributed by atoms with Gasteiger partial charge in [-0.25, -0.2) is 4.39 Å². The highest BCUT2D eigenvalue weighted by atomic mass is 35.5. The summed E-state index contributed by atoms with van der Waals surface area (Å²) in [5.41, 5.74) is 5.59. The Kier molecular flexibility index (Phi) is 9.31. The van der Waals surface area contributed by atoms with Crippen LogP contribution in [0.4, 0.5) is 4.39 Å². The lowest BCUT2D eigenvalue weighted by molar-refractivity contribution is 0.620. The molecule has 0 unspecified atom stereocenters. The molecule has 0 atom stereocenters. The first kappa shape index (κ1) is 25.4. The molecule has 3 aromatic carbocycles. The van der Waals surface area contributed by atoms with Crippen molar-refractivity contribution in [1.29, 1.82) is 0 Å². The third kappa shape index (κ3) is 7.39. The molecule has 4 aromatic rings. The molecular weight excluding hydrogens is 453 g/mol. The number of unbranched alkanes of at least 4 members (excludes halogenated alkanes) is 4. The van der Waals surface area contributed by atoms with E-state index in [1.807, 2.05) is 48.7 Å². The zero-order valence-corrected chi connectivity index (χ0v) is 21.5.